The van der Waals surface area contributed by atoms with Crippen molar-refractivity contribution < 1.29 is 9.59 Å². The summed E-state index contributed by atoms with van der Waals surface area (Å²) in [6.07, 6.45) is 3.36. The van der Waals surface area contributed by atoms with Crippen LogP contribution in [0.5, 0.6) is 0 Å². The molecule has 0 spiro atoms. The van der Waals surface area contributed by atoms with Gasteiger partial charge in [0, 0.05) is 32.2 Å². The number of amides is 2. The highest BCUT2D eigenvalue weighted by Crippen LogP contribution is 2.37. The van der Waals surface area contributed by atoms with Crippen LogP contribution in [0.3, 0.4) is 0 Å². The van der Waals surface area contributed by atoms with Crippen LogP contribution in [0.25, 0.3) is 10.9 Å². The van der Waals surface area contributed by atoms with Gasteiger partial charge in [0.05, 0.1) is 12.3 Å². The average Bonchev–Trinajstić information content (AvgIpc) is 3.35. The van der Waals surface area contributed by atoms with Crippen molar-refractivity contribution in [1.29, 1.82) is 0 Å². The minimum absolute atomic E-state index is 0.000255. The maximum Gasteiger partial charge on any atom is 0.270 e. The van der Waals surface area contributed by atoms with Crippen LogP contribution in [0.1, 0.15) is 34.3 Å². The second-order valence-electron chi connectivity index (χ2n) is 9.87. The molecule has 0 saturated carbocycles. The molecule has 5 aromatic rings. The van der Waals surface area contributed by atoms with Crippen molar-refractivity contribution in [2.45, 2.75) is 18.6 Å². The van der Waals surface area contributed by atoms with E-state index in [1.165, 1.54) is 0 Å². The molecule has 0 radical (unpaired) electrons. The Labute approximate surface area is 256 Å². The summed E-state index contributed by atoms with van der Waals surface area (Å²) >= 11 is 9.49. The molecule has 7 nitrogen and oxygen atoms in total. The van der Waals surface area contributed by atoms with Gasteiger partial charge in [0.2, 0.25) is 0 Å². The number of fused-ring (bicyclic) bond motifs is 1. The summed E-state index contributed by atoms with van der Waals surface area (Å²) in [5.74, 6) is -0.583. The molecule has 0 aliphatic carbocycles. The van der Waals surface area contributed by atoms with E-state index >= 15 is 0 Å². The lowest BCUT2D eigenvalue weighted by atomic mass is 9.91. The van der Waals surface area contributed by atoms with Gasteiger partial charge in [0.15, 0.2) is 0 Å². The first-order chi connectivity index (χ1) is 20.5. The van der Waals surface area contributed by atoms with Crippen molar-refractivity contribution in [1.82, 2.24) is 15.3 Å². The lowest BCUT2D eigenvalue weighted by Gasteiger charge is -2.31. The van der Waals surface area contributed by atoms with Gasteiger partial charge in [-0.25, -0.2) is 5.43 Å². The molecule has 2 atom stereocenters. The molecule has 2 N–H and O–H groups in total. The lowest BCUT2D eigenvalue weighted by molar-refractivity contribution is -0.121. The van der Waals surface area contributed by atoms with Gasteiger partial charge in [0.25, 0.3) is 11.8 Å². The summed E-state index contributed by atoms with van der Waals surface area (Å²) in [4.78, 5) is 31.6. The second-order valence-corrected chi connectivity index (χ2v) is 11.2. The van der Waals surface area contributed by atoms with Crippen LogP contribution < -0.4 is 10.7 Å². The molecule has 1 aromatic heterocycles. The number of carbonyl (C=O) groups excluding carboxylic acids is 2. The fourth-order valence-corrected chi connectivity index (χ4v) is 5.59. The van der Waals surface area contributed by atoms with Gasteiger partial charge in [0.1, 0.15) is 18.3 Å². The van der Waals surface area contributed by atoms with Gasteiger partial charge in [-0.3, -0.25) is 14.6 Å². The van der Waals surface area contributed by atoms with E-state index in [1.54, 1.807) is 22.9 Å². The molecule has 0 fully saturated rings. The number of nitrogens with one attached hydrogen (secondary N) is 2. The molecule has 208 valence electrons. The number of halogens is 2. The van der Waals surface area contributed by atoms with Crippen LogP contribution in [0.4, 0.5) is 0 Å². The Bertz CT molecular complexity index is 1820. The Balaban J connectivity index is 1.35. The Hall–Kier alpha value is -4.53. The third kappa shape index (κ3) is 5.91. The zero-order valence-corrected chi connectivity index (χ0v) is 24.6. The summed E-state index contributed by atoms with van der Waals surface area (Å²) in [6, 6.07) is 32.0. The highest BCUT2D eigenvalue weighted by molar-refractivity contribution is 9.10. The third-order valence-electron chi connectivity index (χ3n) is 7.07. The van der Waals surface area contributed by atoms with Crippen molar-refractivity contribution in [3.8, 4) is 0 Å². The van der Waals surface area contributed by atoms with Crippen molar-refractivity contribution in [2.24, 2.45) is 10.1 Å². The Morgan fingerprint density at radius 1 is 0.976 bits per heavy atom. The van der Waals surface area contributed by atoms with Gasteiger partial charge in [-0.1, -0.05) is 100 Å². The van der Waals surface area contributed by atoms with Crippen molar-refractivity contribution in [3.63, 3.8) is 0 Å². The molecule has 6 rings (SSSR count). The van der Waals surface area contributed by atoms with Gasteiger partial charge in [-0.05, 0) is 47.0 Å². The molecule has 42 heavy (non-hydrogen) atoms. The maximum absolute atomic E-state index is 13.6. The van der Waals surface area contributed by atoms with E-state index < -0.39 is 0 Å². The van der Waals surface area contributed by atoms with Crippen molar-refractivity contribution in [3.05, 3.63) is 141 Å². The van der Waals surface area contributed by atoms with Crippen LogP contribution in [0, 0.1) is 0 Å². The maximum atomic E-state index is 13.6. The number of carbonyl (C=O) groups is 2. The number of benzene rings is 4. The SMILES string of the molecule is O=C(Cn1cc(C2=N[C@@H](c3ccccc3)[C@H](c3ccccc3)NC2=O)c2cc(Br)ccc21)NN=Cc1ccc(Cl)cc1. The van der Waals surface area contributed by atoms with Gasteiger partial charge >= 0.3 is 0 Å². The van der Waals surface area contributed by atoms with Crippen LogP contribution in [0.15, 0.2) is 124 Å². The molecule has 2 heterocycles. The van der Waals surface area contributed by atoms with Crippen molar-refractivity contribution >= 4 is 62.2 Å². The molecule has 0 bridgehead atoms. The van der Waals surface area contributed by atoms with Crippen LogP contribution in [-0.4, -0.2) is 28.3 Å². The first-order valence-electron chi connectivity index (χ1n) is 13.3. The summed E-state index contributed by atoms with van der Waals surface area (Å²) in [5.41, 5.74) is 7.11. The summed E-state index contributed by atoms with van der Waals surface area (Å²) in [6.45, 7) is -0.000255. The van der Waals surface area contributed by atoms with E-state index in [0.29, 0.717) is 16.3 Å². The Morgan fingerprint density at radius 3 is 2.38 bits per heavy atom. The minimum atomic E-state index is -0.336. The first kappa shape index (κ1) is 27.6. The number of nitrogens with zero attached hydrogens (tertiary/aromatic N) is 3. The fourth-order valence-electron chi connectivity index (χ4n) is 5.10. The van der Waals surface area contributed by atoms with E-state index in [9.17, 15) is 9.59 Å². The van der Waals surface area contributed by atoms with E-state index in [-0.39, 0.29) is 30.4 Å². The molecule has 4 aromatic carbocycles. The van der Waals surface area contributed by atoms with Crippen LogP contribution in [-0.2, 0) is 16.1 Å². The summed E-state index contributed by atoms with van der Waals surface area (Å²) in [7, 11) is 0. The highest BCUT2D eigenvalue weighted by Gasteiger charge is 2.34. The smallest absolute Gasteiger partial charge is 0.270 e. The van der Waals surface area contributed by atoms with Gasteiger partial charge in [-0.15, -0.1) is 0 Å². The largest absolute Gasteiger partial charge is 0.341 e. The Morgan fingerprint density at radius 2 is 1.67 bits per heavy atom. The van der Waals surface area contributed by atoms with E-state index in [0.717, 1.165) is 32.1 Å². The molecular formula is C33H25BrClN5O2. The third-order valence-corrected chi connectivity index (χ3v) is 7.82. The topological polar surface area (TPSA) is 87.8 Å². The first-order valence-corrected chi connectivity index (χ1v) is 14.5. The zero-order chi connectivity index (χ0) is 29.1. The molecule has 0 unspecified atom stereocenters. The molecule has 2 amide bonds. The number of rotatable bonds is 7. The molecule has 1 aliphatic heterocycles. The monoisotopic (exact) mass is 637 g/mol. The standard InChI is InChI=1S/C33H25BrClN5O2/c34-24-13-16-28-26(17-24)27(19-40(28)20-29(41)39-36-18-21-11-14-25(35)15-12-21)32-33(42)38-31(23-9-5-2-6-10-23)30(37-32)22-7-3-1-4-8-22/h1-19,30-31H,20H2,(H,38,42)(H,39,41)/t30-,31-/m0/s1. The lowest BCUT2D eigenvalue weighted by Crippen LogP contribution is -2.42. The number of aliphatic imine (C=N–C) groups is 1. The average molecular weight is 639 g/mol. The second kappa shape index (κ2) is 12.1. The van der Waals surface area contributed by atoms with Gasteiger partial charge in [-0.2, -0.15) is 5.10 Å². The fraction of sp³-hybridized carbons (Fsp3) is 0.0909. The highest BCUT2D eigenvalue weighted by atomic mass is 79.9. The van der Waals surface area contributed by atoms with Crippen molar-refractivity contribution in [2.75, 3.05) is 0 Å². The summed E-state index contributed by atoms with van der Waals surface area (Å²) in [5, 5.41) is 8.71. The molecule has 9 heteroatoms. The van der Waals surface area contributed by atoms with E-state index in [2.05, 4.69) is 31.8 Å². The van der Waals surface area contributed by atoms with Crippen LogP contribution >= 0.6 is 27.5 Å². The number of hydrogen-bond donors (Lipinski definition) is 2. The quantitative estimate of drug-likeness (QED) is 0.155. The number of aromatic nitrogens is 1. The van der Waals surface area contributed by atoms with Gasteiger partial charge < -0.3 is 9.88 Å². The predicted octanol–water partition coefficient (Wildman–Crippen LogP) is 6.61. The number of hydrazone groups is 1. The molecular weight excluding hydrogens is 614 g/mol. The predicted molar refractivity (Wildman–Crippen MR) is 170 cm³/mol. The Kier molecular flexibility index (Phi) is 7.99. The molecule has 1 aliphatic rings. The van der Waals surface area contributed by atoms with Crippen LogP contribution in [0.2, 0.25) is 5.02 Å². The van der Waals surface area contributed by atoms with E-state index in [4.69, 9.17) is 16.6 Å². The number of hydrogen-bond acceptors (Lipinski definition) is 4. The zero-order valence-electron chi connectivity index (χ0n) is 22.2. The minimum Gasteiger partial charge on any atom is -0.341 e. The van der Waals surface area contributed by atoms with E-state index in [1.807, 2.05) is 97.2 Å². The molecule has 0 saturated heterocycles. The normalized spacial score (nSPS) is 16.8. The summed E-state index contributed by atoms with van der Waals surface area (Å²) < 4.78 is 2.66.